The number of anilines is 1. The summed E-state index contributed by atoms with van der Waals surface area (Å²) >= 11 is 18.9. The van der Waals surface area contributed by atoms with E-state index in [0.717, 1.165) is 4.31 Å². The molecule has 0 aliphatic heterocycles. The maximum atomic E-state index is 14.2. The maximum absolute atomic E-state index is 14.2. The van der Waals surface area contributed by atoms with Gasteiger partial charge in [0.1, 0.15) is 12.6 Å². The van der Waals surface area contributed by atoms with Crippen LogP contribution in [0.2, 0.25) is 15.1 Å². The van der Waals surface area contributed by atoms with Crippen LogP contribution in [0, 0.1) is 6.92 Å². The van der Waals surface area contributed by atoms with Crippen LogP contribution in [-0.4, -0.2) is 43.8 Å². The first-order valence-corrected chi connectivity index (χ1v) is 15.8. The Morgan fingerprint density at radius 3 is 2.20 bits per heavy atom. The number of carbonyl (C=O) groups excluding carboxylic acids is 2. The largest absolute Gasteiger partial charge is 0.352 e. The molecule has 0 fully saturated rings. The molecule has 0 saturated carbocycles. The number of sulfonamides is 1. The fourth-order valence-electron chi connectivity index (χ4n) is 4.29. The van der Waals surface area contributed by atoms with E-state index in [1.54, 1.807) is 68.4 Å². The molecule has 220 valence electrons. The average molecular weight is 639 g/mol. The lowest BCUT2D eigenvalue weighted by atomic mass is 10.1. The zero-order valence-electron chi connectivity index (χ0n) is 23.4. The van der Waals surface area contributed by atoms with Gasteiger partial charge in [-0.15, -0.1) is 0 Å². The van der Waals surface area contributed by atoms with Crippen molar-refractivity contribution in [1.82, 2.24) is 10.2 Å². The number of carbonyl (C=O) groups is 2. The van der Waals surface area contributed by atoms with Crippen LogP contribution in [0.4, 0.5) is 5.69 Å². The quantitative estimate of drug-likeness (QED) is 0.235. The summed E-state index contributed by atoms with van der Waals surface area (Å²) in [6.07, 6.45) is 0.997. The Kier molecular flexibility index (Phi) is 11.5. The third kappa shape index (κ3) is 7.95. The first kappa shape index (κ1) is 32.7. The second-order valence-electron chi connectivity index (χ2n) is 9.71. The molecule has 0 bridgehead atoms. The molecule has 0 unspecified atom stereocenters. The standard InChI is InChI=1S/C30H34Cl3N3O4S/c1-5-20(3)34-30(38)27(6-2)35(18-22-15-16-23(31)17-26(22)33)29(37)19-36(28-14-10-13-25(32)21(28)4)41(39,40)24-11-8-7-9-12-24/h7-17,20,27H,5-6,18-19H2,1-4H3,(H,34,38)/t20-,27+/m0/s1. The molecule has 0 heterocycles. The first-order chi connectivity index (χ1) is 19.4. The van der Waals surface area contributed by atoms with E-state index in [2.05, 4.69) is 5.32 Å². The summed E-state index contributed by atoms with van der Waals surface area (Å²) in [6, 6.07) is 16.6. The molecule has 3 rings (SSSR count). The highest BCUT2D eigenvalue weighted by atomic mass is 35.5. The lowest BCUT2D eigenvalue weighted by Gasteiger charge is -2.34. The second kappa shape index (κ2) is 14.4. The molecule has 0 saturated heterocycles. The number of hydrogen-bond donors (Lipinski definition) is 1. The number of halogens is 3. The van der Waals surface area contributed by atoms with E-state index in [-0.39, 0.29) is 29.1 Å². The smallest absolute Gasteiger partial charge is 0.264 e. The van der Waals surface area contributed by atoms with Crippen molar-refractivity contribution < 1.29 is 18.0 Å². The van der Waals surface area contributed by atoms with E-state index in [4.69, 9.17) is 34.8 Å². The van der Waals surface area contributed by atoms with Gasteiger partial charge in [0.15, 0.2) is 0 Å². The van der Waals surface area contributed by atoms with Gasteiger partial charge in [0, 0.05) is 27.7 Å². The topological polar surface area (TPSA) is 86.8 Å². The minimum Gasteiger partial charge on any atom is -0.352 e. The Morgan fingerprint density at radius 2 is 1.59 bits per heavy atom. The number of nitrogens with zero attached hydrogens (tertiary/aromatic N) is 2. The molecule has 0 aliphatic carbocycles. The van der Waals surface area contributed by atoms with Crippen molar-refractivity contribution in [1.29, 1.82) is 0 Å². The summed E-state index contributed by atoms with van der Waals surface area (Å²) in [5.74, 6) is -0.919. The molecule has 3 aromatic carbocycles. The van der Waals surface area contributed by atoms with E-state index < -0.39 is 28.5 Å². The number of hydrogen-bond acceptors (Lipinski definition) is 4. The van der Waals surface area contributed by atoms with E-state index in [1.165, 1.54) is 17.0 Å². The monoisotopic (exact) mass is 637 g/mol. The van der Waals surface area contributed by atoms with E-state index in [9.17, 15) is 18.0 Å². The molecule has 0 radical (unpaired) electrons. The lowest BCUT2D eigenvalue weighted by Crippen LogP contribution is -2.53. The van der Waals surface area contributed by atoms with Crippen molar-refractivity contribution in [3.8, 4) is 0 Å². The molecule has 3 aromatic rings. The third-order valence-corrected chi connectivity index (χ3v) is 9.63. The Hall–Kier alpha value is -2.78. The highest BCUT2D eigenvalue weighted by Crippen LogP contribution is 2.31. The Bertz CT molecular complexity index is 1490. The number of nitrogens with one attached hydrogen (secondary N) is 1. The summed E-state index contributed by atoms with van der Waals surface area (Å²) in [6.45, 7) is 6.70. The van der Waals surface area contributed by atoms with Crippen molar-refractivity contribution in [2.24, 2.45) is 0 Å². The van der Waals surface area contributed by atoms with Gasteiger partial charge in [-0.05, 0) is 74.2 Å². The van der Waals surface area contributed by atoms with Crippen LogP contribution < -0.4 is 9.62 Å². The van der Waals surface area contributed by atoms with Crippen LogP contribution in [0.3, 0.4) is 0 Å². The van der Waals surface area contributed by atoms with E-state index in [0.29, 0.717) is 39.0 Å². The highest BCUT2D eigenvalue weighted by molar-refractivity contribution is 7.92. The summed E-state index contributed by atoms with van der Waals surface area (Å²) in [5.41, 5.74) is 1.32. The predicted octanol–water partition coefficient (Wildman–Crippen LogP) is 6.87. The Labute approximate surface area is 257 Å². The minimum atomic E-state index is -4.20. The molecular formula is C30H34Cl3N3O4S. The zero-order chi connectivity index (χ0) is 30.3. The Morgan fingerprint density at radius 1 is 0.902 bits per heavy atom. The van der Waals surface area contributed by atoms with Gasteiger partial charge in [0.05, 0.1) is 10.6 Å². The van der Waals surface area contributed by atoms with Gasteiger partial charge >= 0.3 is 0 Å². The van der Waals surface area contributed by atoms with Gasteiger partial charge in [-0.2, -0.15) is 0 Å². The fraction of sp³-hybridized carbons (Fsp3) is 0.333. The summed E-state index contributed by atoms with van der Waals surface area (Å²) in [5, 5.41) is 4.05. The molecule has 2 amide bonds. The maximum Gasteiger partial charge on any atom is 0.264 e. The van der Waals surface area contributed by atoms with Crippen molar-refractivity contribution in [3.63, 3.8) is 0 Å². The van der Waals surface area contributed by atoms with Crippen LogP contribution in [0.5, 0.6) is 0 Å². The molecule has 7 nitrogen and oxygen atoms in total. The summed E-state index contributed by atoms with van der Waals surface area (Å²) in [4.78, 5) is 29.0. The van der Waals surface area contributed by atoms with Crippen molar-refractivity contribution in [2.45, 2.75) is 64.1 Å². The van der Waals surface area contributed by atoms with Gasteiger partial charge in [-0.25, -0.2) is 8.42 Å². The number of amides is 2. The van der Waals surface area contributed by atoms with Crippen LogP contribution in [-0.2, 0) is 26.2 Å². The van der Waals surface area contributed by atoms with Crippen molar-refractivity contribution in [2.75, 3.05) is 10.8 Å². The van der Waals surface area contributed by atoms with Gasteiger partial charge in [-0.1, -0.05) is 79.0 Å². The molecule has 11 heteroatoms. The van der Waals surface area contributed by atoms with Crippen molar-refractivity contribution in [3.05, 3.63) is 92.9 Å². The molecule has 0 aromatic heterocycles. The number of rotatable bonds is 12. The van der Waals surface area contributed by atoms with Crippen LogP contribution >= 0.6 is 34.8 Å². The molecule has 41 heavy (non-hydrogen) atoms. The highest BCUT2D eigenvalue weighted by Gasteiger charge is 2.34. The average Bonchev–Trinajstić information content (AvgIpc) is 2.94. The van der Waals surface area contributed by atoms with Gasteiger partial charge in [0.2, 0.25) is 11.8 Å². The SMILES string of the molecule is CC[C@H](C(=O)N[C@@H](C)CC)N(Cc1ccc(Cl)cc1Cl)C(=O)CN(c1cccc(Cl)c1C)S(=O)(=O)c1ccccc1. The minimum absolute atomic E-state index is 0.0148. The van der Waals surface area contributed by atoms with Crippen LogP contribution in [0.25, 0.3) is 0 Å². The van der Waals surface area contributed by atoms with Crippen LogP contribution in [0.15, 0.2) is 71.6 Å². The Balaban J connectivity index is 2.11. The lowest BCUT2D eigenvalue weighted by molar-refractivity contribution is -0.140. The van der Waals surface area contributed by atoms with E-state index in [1.807, 2.05) is 13.8 Å². The molecule has 0 spiro atoms. The molecule has 0 aliphatic rings. The first-order valence-electron chi connectivity index (χ1n) is 13.3. The molecule has 2 atom stereocenters. The fourth-order valence-corrected chi connectivity index (χ4v) is 6.42. The van der Waals surface area contributed by atoms with Gasteiger partial charge < -0.3 is 10.2 Å². The van der Waals surface area contributed by atoms with Gasteiger partial charge in [-0.3, -0.25) is 13.9 Å². The number of benzene rings is 3. The van der Waals surface area contributed by atoms with Crippen LogP contribution in [0.1, 0.15) is 44.7 Å². The summed E-state index contributed by atoms with van der Waals surface area (Å²) in [7, 11) is -4.20. The zero-order valence-corrected chi connectivity index (χ0v) is 26.5. The van der Waals surface area contributed by atoms with Crippen molar-refractivity contribution >= 4 is 62.3 Å². The van der Waals surface area contributed by atoms with E-state index >= 15 is 0 Å². The summed E-state index contributed by atoms with van der Waals surface area (Å²) < 4.78 is 29.0. The third-order valence-electron chi connectivity index (χ3n) is 6.86. The predicted molar refractivity (Wildman–Crippen MR) is 166 cm³/mol. The molecule has 1 N–H and O–H groups in total. The second-order valence-corrected chi connectivity index (χ2v) is 12.8. The molecular weight excluding hydrogens is 605 g/mol. The normalized spacial score (nSPS) is 12.9. The van der Waals surface area contributed by atoms with Gasteiger partial charge in [0.25, 0.3) is 10.0 Å².